The van der Waals surface area contributed by atoms with Crippen LogP contribution in [-0.4, -0.2) is 50.0 Å². The average molecular weight is 448 g/mol. The van der Waals surface area contributed by atoms with Crippen LogP contribution in [0.2, 0.25) is 0 Å². The Morgan fingerprint density at radius 2 is 1.84 bits per heavy atom. The predicted octanol–water partition coefficient (Wildman–Crippen LogP) is 2.07. The number of nitrogens with zero attached hydrogens (tertiary/aromatic N) is 3. The number of rotatable bonds is 4. The van der Waals surface area contributed by atoms with Gasteiger partial charge in [-0.15, -0.1) is 0 Å². The van der Waals surface area contributed by atoms with Crippen molar-refractivity contribution in [3.63, 3.8) is 0 Å². The largest absolute Gasteiger partial charge is 0.334 e. The molecule has 1 aromatic heterocycles. The normalized spacial score (nSPS) is 17.7. The van der Waals surface area contributed by atoms with E-state index in [4.69, 9.17) is 0 Å². The molecule has 0 atom stereocenters. The Hall–Kier alpha value is -1.23. The first-order valence-corrected chi connectivity index (χ1v) is 11.8. The highest BCUT2D eigenvalue weighted by molar-refractivity contribution is 9.10. The van der Waals surface area contributed by atoms with Gasteiger partial charge in [0, 0.05) is 42.3 Å². The lowest BCUT2D eigenvalue weighted by Gasteiger charge is -2.32. The Kier molecular flexibility index (Phi) is 5.06. The van der Waals surface area contributed by atoms with Gasteiger partial charge in [-0.05, 0) is 47.0 Å². The molecule has 0 amide bonds. The van der Waals surface area contributed by atoms with Crippen LogP contribution in [0.4, 0.5) is 0 Å². The van der Waals surface area contributed by atoms with Gasteiger partial charge in [0.15, 0.2) is 9.84 Å². The number of piperidine rings is 1. The molecule has 10 heteroatoms. The zero-order valence-electron chi connectivity index (χ0n) is 13.5. The SMILES string of the molecule is CS(=O)(=O)c1ccc(Br)c(S(=O)(=O)N2CCC(n3ccnc3)CC2)c1. The van der Waals surface area contributed by atoms with Crippen molar-refractivity contribution < 1.29 is 16.8 Å². The summed E-state index contributed by atoms with van der Waals surface area (Å²) in [4.78, 5) is 4.00. The molecule has 0 bridgehead atoms. The van der Waals surface area contributed by atoms with E-state index < -0.39 is 19.9 Å². The fourth-order valence-electron chi connectivity index (χ4n) is 2.92. The number of imidazole rings is 1. The lowest BCUT2D eigenvalue weighted by Crippen LogP contribution is -2.39. The summed E-state index contributed by atoms with van der Waals surface area (Å²) < 4.78 is 53.2. The topological polar surface area (TPSA) is 89.3 Å². The molecular formula is C15H18BrN3O4S2. The molecule has 0 saturated carbocycles. The second-order valence-corrected chi connectivity index (χ2v) is 10.8. The highest BCUT2D eigenvalue weighted by Gasteiger charge is 2.31. The van der Waals surface area contributed by atoms with E-state index in [9.17, 15) is 16.8 Å². The van der Waals surface area contributed by atoms with E-state index in [0.29, 0.717) is 30.4 Å². The van der Waals surface area contributed by atoms with Gasteiger partial charge in [-0.3, -0.25) is 0 Å². The Morgan fingerprint density at radius 3 is 2.40 bits per heavy atom. The van der Waals surface area contributed by atoms with Gasteiger partial charge in [0.1, 0.15) is 0 Å². The molecule has 3 rings (SSSR count). The maximum Gasteiger partial charge on any atom is 0.244 e. The third-order valence-corrected chi connectivity index (χ3v) is 8.32. The molecular weight excluding hydrogens is 430 g/mol. The zero-order chi connectivity index (χ0) is 18.2. The molecule has 0 aliphatic carbocycles. The summed E-state index contributed by atoms with van der Waals surface area (Å²) in [6.45, 7) is 0.751. The number of sulfone groups is 1. The molecule has 1 aliphatic heterocycles. The van der Waals surface area contributed by atoms with Gasteiger partial charge in [-0.25, -0.2) is 21.8 Å². The molecule has 7 nitrogen and oxygen atoms in total. The van der Waals surface area contributed by atoms with Crippen molar-refractivity contribution in [2.45, 2.75) is 28.7 Å². The lowest BCUT2D eigenvalue weighted by molar-refractivity contribution is 0.273. The number of aromatic nitrogens is 2. The van der Waals surface area contributed by atoms with Crippen LogP contribution in [0, 0.1) is 0 Å². The van der Waals surface area contributed by atoms with Gasteiger partial charge in [-0.1, -0.05) is 0 Å². The van der Waals surface area contributed by atoms with E-state index in [0.717, 1.165) is 6.26 Å². The van der Waals surface area contributed by atoms with Crippen LogP contribution in [0.1, 0.15) is 18.9 Å². The molecule has 0 spiro atoms. The van der Waals surface area contributed by atoms with Crippen LogP contribution >= 0.6 is 15.9 Å². The van der Waals surface area contributed by atoms with E-state index in [1.54, 1.807) is 12.5 Å². The van der Waals surface area contributed by atoms with Crippen LogP contribution < -0.4 is 0 Å². The van der Waals surface area contributed by atoms with Crippen molar-refractivity contribution in [3.8, 4) is 0 Å². The molecule has 2 heterocycles. The van der Waals surface area contributed by atoms with Gasteiger partial charge < -0.3 is 4.57 Å². The highest BCUT2D eigenvalue weighted by atomic mass is 79.9. The third-order valence-electron chi connectivity index (χ3n) is 4.32. The maximum absolute atomic E-state index is 13.0. The van der Waals surface area contributed by atoms with E-state index in [2.05, 4.69) is 20.9 Å². The number of benzene rings is 1. The van der Waals surface area contributed by atoms with Crippen molar-refractivity contribution in [1.29, 1.82) is 0 Å². The molecule has 1 aromatic carbocycles. The van der Waals surface area contributed by atoms with Crippen LogP contribution in [0.5, 0.6) is 0 Å². The van der Waals surface area contributed by atoms with E-state index in [-0.39, 0.29) is 15.8 Å². The Morgan fingerprint density at radius 1 is 1.16 bits per heavy atom. The van der Waals surface area contributed by atoms with Crippen LogP contribution in [0.15, 0.2) is 51.2 Å². The molecule has 2 aromatic rings. The Bertz CT molecular complexity index is 964. The fraction of sp³-hybridized carbons (Fsp3) is 0.400. The maximum atomic E-state index is 13.0. The first kappa shape index (κ1) is 18.6. The van der Waals surface area contributed by atoms with Crippen molar-refractivity contribution >= 4 is 35.8 Å². The summed E-state index contributed by atoms with van der Waals surface area (Å²) in [6.07, 6.45) is 7.74. The Labute approximate surface area is 155 Å². The molecule has 1 aliphatic rings. The number of hydrogen-bond donors (Lipinski definition) is 0. The first-order chi connectivity index (χ1) is 11.7. The van der Waals surface area contributed by atoms with Gasteiger partial charge in [-0.2, -0.15) is 4.31 Å². The first-order valence-electron chi connectivity index (χ1n) is 7.67. The molecule has 0 radical (unpaired) electrons. The quantitative estimate of drug-likeness (QED) is 0.715. The van der Waals surface area contributed by atoms with Gasteiger partial charge >= 0.3 is 0 Å². The van der Waals surface area contributed by atoms with Crippen LogP contribution in [-0.2, 0) is 19.9 Å². The second kappa shape index (κ2) is 6.82. The van der Waals surface area contributed by atoms with Crippen molar-refractivity contribution in [2.75, 3.05) is 19.3 Å². The minimum Gasteiger partial charge on any atom is -0.334 e. The second-order valence-electron chi connectivity index (χ2n) is 6.01. The average Bonchev–Trinajstić information content (AvgIpc) is 3.08. The summed E-state index contributed by atoms with van der Waals surface area (Å²) >= 11 is 3.23. The van der Waals surface area contributed by atoms with Gasteiger partial charge in [0.25, 0.3) is 0 Å². The molecule has 1 saturated heterocycles. The minimum absolute atomic E-state index is 0.0115. The summed E-state index contributed by atoms with van der Waals surface area (Å²) in [6, 6.07) is 4.29. The minimum atomic E-state index is -3.77. The summed E-state index contributed by atoms with van der Waals surface area (Å²) in [7, 11) is -7.26. The smallest absolute Gasteiger partial charge is 0.244 e. The Balaban J connectivity index is 1.86. The van der Waals surface area contributed by atoms with E-state index >= 15 is 0 Å². The molecule has 0 unspecified atom stereocenters. The summed E-state index contributed by atoms with van der Waals surface area (Å²) in [5.74, 6) is 0. The number of hydrogen-bond acceptors (Lipinski definition) is 5. The standard InChI is InChI=1S/C15H18BrN3O4S2/c1-24(20,21)13-2-3-14(16)15(10-13)25(22,23)19-7-4-12(5-8-19)18-9-6-17-11-18/h2-3,6,9-12H,4-5,7-8H2,1H3. The monoisotopic (exact) mass is 447 g/mol. The lowest BCUT2D eigenvalue weighted by atomic mass is 10.1. The molecule has 0 N–H and O–H groups in total. The van der Waals surface area contributed by atoms with Gasteiger partial charge in [0.05, 0.1) is 16.1 Å². The third kappa shape index (κ3) is 3.81. The van der Waals surface area contributed by atoms with E-state index in [1.165, 1.54) is 22.5 Å². The number of halogens is 1. The fourth-order valence-corrected chi connectivity index (χ4v) is 6.06. The predicted molar refractivity (Wildman–Crippen MR) is 96.5 cm³/mol. The van der Waals surface area contributed by atoms with Crippen molar-refractivity contribution in [3.05, 3.63) is 41.4 Å². The highest BCUT2D eigenvalue weighted by Crippen LogP contribution is 2.31. The number of sulfonamides is 1. The molecule has 1 fully saturated rings. The van der Waals surface area contributed by atoms with Crippen LogP contribution in [0.25, 0.3) is 0 Å². The van der Waals surface area contributed by atoms with Crippen molar-refractivity contribution in [1.82, 2.24) is 13.9 Å². The summed E-state index contributed by atoms with van der Waals surface area (Å²) in [5, 5.41) is 0. The van der Waals surface area contributed by atoms with Crippen LogP contribution in [0.3, 0.4) is 0 Å². The summed E-state index contributed by atoms with van der Waals surface area (Å²) in [5.41, 5.74) is 0. The zero-order valence-corrected chi connectivity index (χ0v) is 16.8. The molecule has 136 valence electrons. The van der Waals surface area contributed by atoms with E-state index in [1.807, 2.05) is 10.8 Å². The van der Waals surface area contributed by atoms with Gasteiger partial charge in [0.2, 0.25) is 10.0 Å². The van der Waals surface area contributed by atoms with Crippen molar-refractivity contribution in [2.24, 2.45) is 0 Å². The molecule has 25 heavy (non-hydrogen) atoms.